The monoisotopic (exact) mass is 160 g/mol. The van der Waals surface area contributed by atoms with Gasteiger partial charge < -0.3 is 0 Å². The fraction of sp³-hybridized carbons (Fsp3) is 1.00. The van der Waals surface area contributed by atoms with Crippen LogP contribution in [0.2, 0.25) is 0 Å². The molecule has 0 amide bonds. The molecule has 2 heteroatoms. The van der Waals surface area contributed by atoms with Crippen molar-refractivity contribution < 1.29 is 9.78 Å². The second-order valence-corrected chi connectivity index (χ2v) is 2.84. The predicted molar refractivity (Wildman–Crippen MR) is 46.3 cm³/mol. The van der Waals surface area contributed by atoms with E-state index in [4.69, 9.17) is 9.78 Å². The molecule has 1 atom stereocenters. The van der Waals surface area contributed by atoms with Gasteiger partial charge in [-0.2, -0.15) is 0 Å². The Morgan fingerprint density at radius 1 is 1.18 bits per heavy atom. The highest BCUT2D eigenvalue weighted by molar-refractivity contribution is 4.38. The highest BCUT2D eigenvalue weighted by atomic mass is 17.2. The van der Waals surface area contributed by atoms with E-state index in [0.29, 0.717) is 0 Å². The van der Waals surface area contributed by atoms with Crippen molar-refractivity contribution in [2.45, 2.75) is 52.6 Å². The van der Waals surface area contributed by atoms with Crippen LogP contribution in [0.3, 0.4) is 0 Å². The summed E-state index contributed by atoms with van der Waals surface area (Å²) in [5, 5.41) is 0. The van der Waals surface area contributed by atoms with E-state index in [2.05, 4.69) is 13.8 Å². The molecule has 0 aromatic heterocycles. The Labute approximate surface area is 69.8 Å². The van der Waals surface area contributed by atoms with E-state index < -0.39 is 0 Å². The van der Waals surface area contributed by atoms with Crippen molar-refractivity contribution in [3.05, 3.63) is 0 Å². The van der Waals surface area contributed by atoms with Gasteiger partial charge in [0, 0.05) is 0 Å². The van der Waals surface area contributed by atoms with E-state index >= 15 is 0 Å². The molecule has 0 aliphatic carbocycles. The van der Waals surface area contributed by atoms with Gasteiger partial charge in [-0.3, -0.25) is 0 Å². The Balaban J connectivity index is 2.89. The Morgan fingerprint density at radius 3 is 2.45 bits per heavy atom. The molecular formula is C9H20O2. The summed E-state index contributed by atoms with van der Waals surface area (Å²) in [5.41, 5.74) is 0. The summed E-state index contributed by atoms with van der Waals surface area (Å²) >= 11 is 0. The minimum absolute atomic E-state index is 0.233. The van der Waals surface area contributed by atoms with Crippen LogP contribution >= 0.6 is 0 Å². The van der Waals surface area contributed by atoms with E-state index in [0.717, 1.165) is 19.4 Å². The highest BCUT2D eigenvalue weighted by Crippen LogP contribution is 1.99. The first kappa shape index (κ1) is 10.9. The zero-order chi connectivity index (χ0) is 8.53. The van der Waals surface area contributed by atoms with E-state index in [1.165, 1.54) is 12.8 Å². The predicted octanol–water partition coefficient (Wildman–Crippen LogP) is 2.92. The molecule has 0 aliphatic rings. The average Bonchev–Trinajstić information content (AvgIpc) is 2.04. The number of hydrogen-bond acceptors (Lipinski definition) is 2. The van der Waals surface area contributed by atoms with Crippen LogP contribution in [0.1, 0.15) is 46.5 Å². The van der Waals surface area contributed by atoms with Gasteiger partial charge in [0.05, 0.1) is 12.7 Å². The third-order valence-electron chi connectivity index (χ3n) is 1.64. The second-order valence-electron chi connectivity index (χ2n) is 2.84. The molecule has 0 aromatic rings. The molecule has 0 saturated carbocycles. The summed E-state index contributed by atoms with van der Waals surface area (Å²) in [6, 6.07) is 0. The third-order valence-corrected chi connectivity index (χ3v) is 1.64. The molecule has 0 fully saturated rings. The molecule has 68 valence electrons. The first-order valence-electron chi connectivity index (χ1n) is 4.59. The molecule has 0 radical (unpaired) electrons. The molecule has 0 rings (SSSR count). The lowest BCUT2D eigenvalue weighted by Gasteiger charge is -2.08. The van der Waals surface area contributed by atoms with Gasteiger partial charge in [0.1, 0.15) is 0 Å². The molecule has 1 unspecified atom stereocenters. The lowest BCUT2D eigenvalue weighted by Crippen LogP contribution is -2.07. The molecule has 0 bridgehead atoms. The minimum atomic E-state index is 0.233. The summed E-state index contributed by atoms with van der Waals surface area (Å²) in [7, 11) is 0. The van der Waals surface area contributed by atoms with Crippen LogP contribution in [0.25, 0.3) is 0 Å². The number of rotatable bonds is 7. The molecule has 0 aliphatic heterocycles. The van der Waals surface area contributed by atoms with Crippen LogP contribution < -0.4 is 0 Å². The van der Waals surface area contributed by atoms with Crippen LogP contribution in [0, 0.1) is 0 Å². The number of unbranched alkanes of at least 4 members (excludes halogenated alkanes) is 2. The van der Waals surface area contributed by atoms with Gasteiger partial charge >= 0.3 is 0 Å². The molecule has 0 aromatic carbocycles. The van der Waals surface area contributed by atoms with Gasteiger partial charge in [-0.15, -0.1) is 0 Å². The summed E-state index contributed by atoms with van der Waals surface area (Å²) < 4.78 is 0. The summed E-state index contributed by atoms with van der Waals surface area (Å²) in [4.78, 5) is 10.0. The first-order chi connectivity index (χ1) is 5.31. The third kappa shape index (κ3) is 7.82. The van der Waals surface area contributed by atoms with Gasteiger partial charge in [0.2, 0.25) is 0 Å². The van der Waals surface area contributed by atoms with E-state index in [9.17, 15) is 0 Å². The zero-order valence-electron chi connectivity index (χ0n) is 7.93. The molecule has 2 nitrogen and oxygen atoms in total. The summed E-state index contributed by atoms with van der Waals surface area (Å²) in [6.07, 6.45) is 4.80. The maximum absolute atomic E-state index is 5.04. The zero-order valence-corrected chi connectivity index (χ0v) is 7.93. The Bertz CT molecular complexity index is 74.0. The van der Waals surface area contributed by atoms with Gasteiger partial charge in [-0.1, -0.05) is 26.7 Å². The standard InChI is InChI=1S/C9H20O2/c1-4-6-7-8-10-11-9(3)5-2/h9H,4-8H2,1-3H3. The van der Waals surface area contributed by atoms with Crippen LogP contribution in [0.5, 0.6) is 0 Å². The quantitative estimate of drug-likeness (QED) is 0.324. The fourth-order valence-electron chi connectivity index (χ4n) is 0.643. The Kier molecular flexibility index (Phi) is 7.96. The van der Waals surface area contributed by atoms with Crippen molar-refractivity contribution in [1.82, 2.24) is 0 Å². The topological polar surface area (TPSA) is 18.5 Å². The largest absolute Gasteiger partial charge is 0.236 e. The van der Waals surface area contributed by atoms with Crippen molar-refractivity contribution in [2.24, 2.45) is 0 Å². The fourth-order valence-corrected chi connectivity index (χ4v) is 0.643. The molecule has 0 N–H and O–H groups in total. The van der Waals surface area contributed by atoms with Crippen LogP contribution in [-0.4, -0.2) is 12.7 Å². The summed E-state index contributed by atoms with van der Waals surface area (Å²) in [5.74, 6) is 0. The maximum atomic E-state index is 5.04. The first-order valence-corrected chi connectivity index (χ1v) is 4.59. The minimum Gasteiger partial charge on any atom is -0.236 e. The highest BCUT2D eigenvalue weighted by Gasteiger charge is 1.97. The lowest BCUT2D eigenvalue weighted by molar-refractivity contribution is -0.321. The second kappa shape index (κ2) is 8.02. The molecule has 0 heterocycles. The van der Waals surface area contributed by atoms with E-state index in [1.807, 2.05) is 6.92 Å². The Hall–Kier alpha value is -0.0800. The van der Waals surface area contributed by atoms with Crippen molar-refractivity contribution in [1.29, 1.82) is 0 Å². The van der Waals surface area contributed by atoms with Gasteiger partial charge in [-0.05, 0) is 19.8 Å². The van der Waals surface area contributed by atoms with Crippen molar-refractivity contribution in [3.63, 3.8) is 0 Å². The van der Waals surface area contributed by atoms with Gasteiger partial charge in [0.25, 0.3) is 0 Å². The van der Waals surface area contributed by atoms with Crippen LogP contribution in [0.4, 0.5) is 0 Å². The number of hydrogen-bond donors (Lipinski definition) is 0. The normalized spacial score (nSPS) is 13.4. The summed E-state index contributed by atoms with van der Waals surface area (Å²) in [6.45, 7) is 7.01. The molecule has 0 saturated heterocycles. The van der Waals surface area contributed by atoms with Crippen molar-refractivity contribution in [3.8, 4) is 0 Å². The van der Waals surface area contributed by atoms with Crippen LogP contribution in [0.15, 0.2) is 0 Å². The van der Waals surface area contributed by atoms with Gasteiger partial charge in [0.15, 0.2) is 0 Å². The SMILES string of the molecule is CCCCCOOC(C)CC. The average molecular weight is 160 g/mol. The molecule has 11 heavy (non-hydrogen) atoms. The van der Waals surface area contributed by atoms with E-state index in [-0.39, 0.29) is 6.10 Å². The molecule has 0 spiro atoms. The Morgan fingerprint density at radius 2 is 1.91 bits per heavy atom. The maximum Gasteiger partial charge on any atom is 0.0899 e. The van der Waals surface area contributed by atoms with Crippen molar-refractivity contribution >= 4 is 0 Å². The lowest BCUT2D eigenvalue weighted by atomic mass is 10.3. The van der Waals surface area contributed by atoms with Gasteiger partial charge in [-0.25, -0.2) is 9.78 Å². The van der Waals surface area contributed by atoms with Crippen LogP contribution in [-0.2, 0) is 9.78 Å². The van der Waals surface area contributed by atoms with E-state index in [1.54, 1.807) is 0 Å². The smallest absolute Gasteiger partial charge is 0.0899 e. The van der Waals surface area contributed by atoms with Crippen molar-refractivity contribution in [2.75, 3.05) is 6.61 Å². The molecular weight excluding hydrogens is 140 g/mol.